The van der Waals surface area contributed by atoms with E-state index in [0.717, 1.165) is 36.4 Å². The number of fused-ring (bicyclic) bond motifs is 2. The number of ketones is 1. The van der Waals surface area contributed by atoms with Crippen LogP contribution in [0.3, 0.4) is 0 Å². The molecule has 0 aromatic heterocycles. The van der Waals surface area contributed by atoms with Gasteiger partial charge in [-0.2, -0.15) is 52.3 Å². The minimum atomic E-state index is -5.15. The summed E-state index contributed by atoms with van der Waals surface area (Å²) < 4.78 is 176. The first-order valence-electron chi connectivity index (χ1n) is 22.0. The third kappa shape index (κ3) is 12.8. The van der Waals surface area contributed by atoms with Crippen LogP contribution in [0.1, 0.15) is 21.5 Å². The van der Waals surface area contributed by atoms with E-state index in [1.165, 1.54) is 99.0 Å². The fourth-order valence-corrected chi connectivity index (χ4v) is 11.0. The van der Waals surface area contributed by atoms with Crippen molar-refractivity contribution in [3.63, 3.8) is 0 Å². The lowest BCUT2D eigenvalue weighted by Gasteiger charge is -2.18. The molecule has 0 aliphatic heterocycles. The zero-order chi connectivity index (χ0) is 58.3. The monoisotopic (exact) mass is 1190 g/mol. The molecule has 80 heavy (non-hydrogen) atoms. The summed E-state index contributed by atoms with van der Waals surface area (Å²) in [4.78, 5) is 33.6. The average molecular weight is 1190 g/mol. The van der Waals surface area contributed by atoms with Crippen LogP contribution >= 0.6 is 0 Å². The van der Waals surface area contributed by atoms with E-state index >= 15 is 0 Å². The maximum absolute atomic E-state index is 13.7. The zero-order valence-corrected chi connectivity index (χ0v) is 44.4. The number of nitrogens with zero attached hydrogens (tertiary/aromatic N) is 4. The standard InChI is InChI=1S/C47H36N8O20S5/c1-25-16-38(40(74-2)24-37(25)52-53-39-22-33(76(60,61)62)18-27-19-34(77(63,64)65)23-41(44(27)39)75-80(72,73)32-6-4-3-5-7-32)50-47(57)49-30-12-14-35-26(17-30)20-43(79(69,70)71)45(46(35)56)54-51-29-10-8-28(9-11-29)48-36-15-13-31(55(58)59)21-42(36)78(66,67)68/h3-24,48,51H,1-2H3,(H2,49,50,57)(H,60,61,62)(H,63,64,65)(H,66,67,68)(H,69,70,71)/b53-52?,54-45+. The lowest BCUT2D eigenvalue weighted by molar-refractivity contribution is -0.385. The van der Waals surface area contributed by atoms with Crippen LogP contribution in [0.5, 0.6) is 11.5 Å². The molecule has 1 aliphatic carbocycles. The number of methoxy groups -OCH3 is 1. The Morgan fingerprint density at radius 2 is 1.25 bits per heavy atom. The predicted octanol–water partition coefficient (Wildman–Crippen LogP) is 8.27. The fraction of sp³-hybridized carbons (Fsp3) is 0.0426. The number of carbonyl (C=O) groups excluding carboxylic acids is 2. The number of hydrazone groups is 1. The first-order valence-corrected chi connectivity index (χ1v) is 29.2. The summed E-state index contributed by atoms with van der Waals surface area (Å²) in [5.74, 6) is -1.76. The molecule has 0 saturated heterocycles. The molecule has 0 unspecified atom stereocenters. The van der Waals surface area contributed by atoms with E-state index in [-0.39, 0.29) is 72.2 Å². The molecule has 7 aromatic rings. The number of allylic oxidation sites excluding steroid dienone is 1. The molecule has 0 heterocycles. The number of non-ortho nitro benzene ring substituents is 1. The Morgan fingerprint density at radius 1 is 0.625 bits per heavy atom. The number of amides is 2. The second-order valence-electron chi connectivity index (χ2n) is 16.7. The van der Waals surface area contributed by atoms with Crippen LogP contribution in [-0.2, 0) is 50.6 Å². The van der Waals surface area contributed by atoms with E-state index in [2.05, 4.69) is 36.7 Å². The van der Waals surface area contributed by atoms with Crippen LogP contribution in [0, 0.1) is 17.0 Å². The van der Waals surface area contributed by atoms with Gasteiger partial charge in [-0.25, -0.2) is 4.79 Å². The van der Waals surface area contributed by atoms with E-state index in [1.807, 2.05) is 0 Å². The summed E-state index contributed by atoms with van der Waals surface area (Å²) in [6.07, 6.45) is 0.929. The van der Waals surface area contributed by atoms with Gasteiger partial charge in [0.15, 0.2) is 11.5 Å². The molecule has 8 rings (SSSR count). The van der Waals surface area contributed by atoms with Gasteiger partial charge in [0, 0.05) is 41.2 Å². The van der Waals surface area contributed by atoms with Gasteiger partial charge in [0.1, 0.15) is 20.4 Å². The topological polar surface area (TPSA) is 433 Å². The van der Waals surface area contributed by atoms with Crippen molar-refractivity contribution in [1.29, 1.82) is 0 Å². The van der Waals surface area contributed by atoms with Gasteiger partial charge in [-0.3, -0.25) is 38.5 Å². The van der Waals surface area contributed by atoms with Crippen molar-refractivity contribution in [2.75, 3.05) is 28.5 Å². The molecule has 33 heteroatoms. The van der Waals surface area contributed by atoms with Crippen LogP contribution < -0.4 is 30.3 Å². The number of ether oxygens (including phenoxy) is 1. The minimum absolute atomic E-state index is 0.00256. The SMILES string of the molecule is COc1cc(N=Nc2cc(S(=O)(=O)O)cc3cc(S(=O)(=O)O)cc(OS(=O)(=O)c4ccccc4)c23)c(C)cc1NC(=O)Nc1ccc2c(c1)C=C(S(=O)(=O)O)/C(=N\Nc1ccc(Nc3ccc([N+](=O)[O-])cc3S(=O)(=O)O)cc1)C2=O. The summed E-state index contributed by atoms with van der Waals surface area (Å²) in [6.45, 7) is 1.50. The number of rotatable bonds is 17. The van der Waals surface area contributed by atoms with Crippen molar-refractivity contribution in [3.05, 3.63) is 159 Å². The van der Waals surface area contributed by atoms with Gasteiger partial charge in [0.25, 0.3) is 46.2 Å². The molecule has 0 fully saturated rings. The van der Waals surface area contributed by atoms with Crippen LogP contribution in [0.2, 0.25) is 0 Å². The predicted molar refractivity (Wildman–Crippen MR) is 286 cm³/mol. The Balaban J connectivity index is 1.02. The maximum Gasteiger partial charge on any atom is 0.339 e. The molecule has 7 aromatic carbocycles. The first-order chi connectivity index (χ1) is 37.4. The van der Waals surface area contributed by atoms with Gasteiger partial charge in [0.05, 0.1) is 55.6 Å². The highest BCUT2D eigenvalue weighted by molar-refractivity contribution is 7.91. The number of aryl methyl sites for hydroxylation is 1. The summed E-state index contributed by atoms with van der Waals surface area (Å²) in [7, 11) is -23.7. The van der Waals surface area contributed by atoms with Crippen molar-refractivity contribution in [1.82, 2.24) is 0 Å². The van der Waals surface area contributed by atoms with Crippen LogP contribution in [0.25, 0.3) is 16.8 Å². The summed E-state index contributed by atoms with van der Waals surface area (Å²) in [6, 6.07) is 23.3. The molecule has 28 nitrogen and oxygen atoms in total. The van der Waals surface area contributed by atoms with Crippen LogP contribution in [-0.4, -0.2) is 89.9 Å². The largest absolute Gasteiger partial charge is 0.494 e. The number of urea groups is 1. The van der Waals surface area contributed by atoms with Crippen LogP contribution in [0.15, 0.2) is 167 Å². The number of anilines is 5. The van der Waals surface area contributed by atoms with E-state index < -0.39 is 110 Å². The Bertz CT molecular complexity index is 4460. The third-order valence-corrected chi connectivity index (χ3v) is 16.0. The van der Waals surface area contributed by atoms with Gasteiger partial charge in [-0.15, -0.1) is 5.11 Å². The molecular weight excluding hydrogens is 1160 g/mol. The van der Waals surface area contributed by atoms with Gasteiger partial charge in [0.2, 0.25) is 5.78 Å². The molecule has 1 aliphatic rings. The smallest absolute Gasteiger partial charge is 0.339 e. The number of nitrogens with one attached hydrogen (secondary N) is 4. The highest BCUT2D eigenvalue weighted by atomic mass is 32.2. The maximum atomic E-state index is 13.7. The van der Waals surface area contributed by atoms with E-state index in [1.54, 1.807) is 0 Å². The third-order valence-electron chi connectivity index (χ3n) is 11.3. The average Bonchev–Trinajstić information content (AvgIpc) is 3.41. The van der Waals surface area contributed by atoms with Crippen molar-refractivity contribution in [2.45, 2.75) is 26.5 Å². The number of nitro groups is 1. The lowest BCUT2D eigenvalue weighted by atomic mass is 9.94. The molecule has 0 radical (unpaired) electrons. The summed E-state index contributed by atoms with van der Waals surface area (Å²) >= 11 is 0. The molecule has 0 saturated carbocycles. The highest BCUT2D eigenvalue weighted by Gasteiger charge is 2.33. The van der Waals surface area contributed by atoms with E-state index in [9.17, 15) is 80.0 Å². The number of hydrogen-bond acceptors (Lipinski definition) is 21. The molecule has 0 spiro atoms. The molecule has 0 bridgehead atoms. The number of carbonyl (C=O) groups is 2. The Labute approximate surface area is 452 Å². The first kappa shape index (κ1) is 57.1. The number of nitro benzene ring substituents is 1. The van der Waals surface area contributed by atoms with Crippen molar-refractivity contribution < 1.29 is 83.7 Å². The second kappa shape index (κ2) is 21.6. The number of benzene rings is 7. The number of Topliss-reactive ketones (excluding diaryl/α,β-unsaturated/α-hetero) is 1. The van der Waals surface area contributed by atoms with E-state index in [0.29, 0.717) is 12.1 Å². The van der Waals surface area contributed by atoms with Gasteiger partial charge in [-0.1, -0.05) is 18.2 Å². The molecule has 0 atom stereocenters. The molecular formula is C47H36N8O20S5. The minimum Gasteiger partial charge on any atom is -0.494 e. The second-order valence-corrected chi connectivity index (χ2v) is 23.9. The van der Waals surface area contributed by atoms with Gasteiger partial charge >= 0.3 is 16.1 Å². The van der Waals surface area contributed by atoms with Crippen molar-refractivity contribution in [3.8, 4) is 11.5 Å². The number of azo groups is 1. The number of hydrogen-bond donors (Lipinski definition) is 8. The molecule has 8 N–H and O–H groups in total. The van der Waals surface area contributed by atoms with Crippen molar-refractivity contribution >= 4 is 130 Å². The summed E-state index contributed by atoms with van der Waals surface area (Å²) in [5, 5.41) is 30.4. The van der Waals surface area contributed by atoms with Crippen LogP contribution in [0.4, 0.5) is 50.3 Å². The Kier molecular flexibility index (Phi) is 15.5. The lowest BCUT2D eigenvalue weighted by Crippen LogP contribution is -2.27. The normalized spacial score (nSPS) is 13.6. The quantitative estimate of drug-likeness (QED) is 0.0140. The Morgan fingerprint density at radius 3 is 1.86 bits per heavy atom. The highest BCUT2D eigenvalue weighted by Crippen LogP contribution is 2.42. The molecule has 414 valence electrons. The van der Waals surface area contributed by atoms with Crippen molar-refractivity contribution in [2.24, 2.45) is 15.3 Å². The van der Waals surface area contributed by atoms with E-state index in [4.69, 9.17) is 8.92 Å². The Hall–Kier alpha value is -9.06. The molecule has 2 amide bonds. The summed E-state index contributed by atoms with van der Waals surface area (Å²) in [5.41, 5.74) is 0.944. The fourth-order valence-electron chi connectivity index (χ4n) is 7.60. The zero-order valence-electron chi connectivity index (χ0n) is 40.4. The van der Waals surface area contributed by atoms with Gasteiger partial charge < -0.3 is 24.9 Å². The van der Waals surface area contributed by atoms with Gasteiger partial charge in [-0.05, 0) is 114 Å².